The fourth-order valence-electron chi connectivity index (χ4n) is 4.23. The van der Waals surface area contributed by atoms with Crippen LogP contribution in [-0.2, 0) is 14.8 Å². The van der Waals surface area contributed by atoms with Crippen LogP contribution in [0.25, 0.3) is 10.2 Å². The maximum absolute atomic E-state index is 13.5. The van der Waals surface area contributed by atoms with Gasteiger partial charge < -0.3 is 10.1 Å². The molecule has 0 bridgehead atoms. The quantitative estimate of drug-likeness (QED) is 0.414. The van der Waals surface area contributed by atoms with Crippen molar-refractivity contribution in [2.45, 2.75) is 37.8 Å². The van der Waals surface area contributed by atoms with E-state index in [0.717, 1.165) is 27.1 Å². The molecule has 1 aliphatic rings. The van der Waals surface area contributed by atoms with Gasteiger partial charge in [0.05, 0.1) is 27.3 Å². The van der Waals surface area contributed by atoms with Gasteiger partial charge >= 0.3 is 4.87 Å². The summed E-state index contributed by atoms with van der Waals surface area (Å²) in [5, 5.41) is 2.82. The summed E-state index contributed by atoms with van der Waals surface area (Å²) in [6, 6.07) is 18.6. The molecule has 10 heteroatoms. The van der Waals surface area contributed by atoms with Crippen LogP contribution in [-0.4, -0.2) is 31.5 Å². The van der Waals surface area contributed by atoms with Crippen LogP contribution in [0.1, 0.15) is 25.5 Å². The number of rotatable bonds is 5. The van der Waals surface area contributed by atoms with Crippen LogP contribution >= 0.6 is 11.3 Å². The van der Waals surface area contributed by atoms with E-state index in [-0.39, 0.29) is 22.4 Å². The monoisotopic (exact) mass is 523 g/mol. The second kappa shape index (κ2) is 9.11. The van der Waals surface area contributed by atoms with Gasteiger partial charge in [-0.15, -0.1) is 0 Å². The first-order chi connectivity index (χ1) is 17.1. The van der Waals surface area contributed by atoms with Crippen LogP contribution in [0.5, 0.6) is 5.75 Å². The van der Waals surface area contributed by atoms with Gasteiger partial charge in [-0.3, -0.25) is 18.5 Å². The molecule has 0 aliphatic carbocycles. The Morgan fingerprint density at radius 2 is 1.81 bits per heavy atom. The molecule has 186 valence electrons. The van der Waals surface area contributed by atoms with Crippen LogP contribution in [0.3, 0.4) is 0 Å². The lowest BCUT2D eigenvalue weighted by molar-refractivity contribution is -0.122. The molecule has 1 amide bonds. The van der Waals surface area contributed by atoms with Crippen LogP contribution in [0.15, 0.2) is 76.4 Å². The molecule has 3 aromatic carbocycles. The zero-order chi connectivity index (χ0) is 25.6. The molecule has 0 saturated heterocycles. The first-order valence-electron chi connectivity index (χ1n) is 11.5. The average molecular weight is 524 g/mol. The Hall–Kier alpha value is -3.63. The third-order valence-electron chi connectivity index (χ3n) is 6.03. The summed E-state index contributed by atoms with van der Waals surface area (Å²) in [7, 11) is -3.93. The van der Waals surface area contributed by atoms with E-state index in [4.69, 9.17) is 4.74 Å². The Balaban J connectivity index is 1.44. The largest absolute Gasteiger partial charge is 0.476 e. The molecular weight excluding hydrogens is 498 g/mol. The SMILES string of the molecule is Cc1ccc(S(=O)(=O)N2CC(C(=O)Nc3ccc4c(c3)sc(=O)n4C(C)C)Oc3ccccc32)cc1. The topological polar surface area (TPSA) is 97.7 Å². The fraction of sp³-hybridized carbons (Fsp3) is 0.231. The highest BCUT2D eigenvalue weighted by molar-refractivity contribution is 7.92. The van der Waals surface area contributed by atoms with Gasteiger partial charge in [0.25, 0.3) is 15.9 Å². The summed E-state index contributed by atoms with van der Waals surface area (Å²) in [5.74, 6) is -0.175. The molecule has 5 rings (SSSR count). The predicted molar refractivity (Wildman–Crippen MR) is 142 cm³/mol. The van der Waals surface area contributed by atoms with Gasteiger partial charge in [0.15, 0.2) is 6.10 Å². The molecule has 1 aromatic heterocycles. The van der Waals surface area contributed by atoms with Gasteiger partial charge in [0.2, 0.25) is 0 Å². The fourth-order valence-corrected chi connectivity index (χ4v) is 6.76. The van der Waals surface area contributed by atoms with Crippen molar-refractivity contribution in [1.82, 2.24) is 4.57 Å². The lowest BCUT2D eigenvalue weighted by Crippen LogP contribution is -2.48. The number of ether oxygens (including phenoxy) is 1. The number of aryl methyl sites for hydroxylation is 1. The third-order valence-corrected chi connectivity index (χ3v) is 8.75. The number of thiazole rings is 1. The number of carbonyl (C=O) groups is 1. The number of nitrogens with zero attached hydrogens (tertiary/aromatic N) is 2. The Bertz CT molecular complexity index is 1620. The van der Waals surface area contributed by atoms with E-state index in [1.165, 1.54) is 4.31 Å². The second-order valence-electron chi connectivity index (χ2n) is 8.93. The normalized spacial score (nSPS) is 15.6. The number of hydrogen-bond acceptors (Lipinski definition) is 6. The Morgan fingerprint density at radius 1 is 1.08 bits per heavy atom. The maximum atomic E-state index is 13.5. The van der Waals surface area contributed by atoms with Gasteiger partial charge in [-0.25, -0.2) is 8.42 Å². The predicted octanol–water partition coefficient (Wildman–Crippen LogP) is 4.55. The van der Waals surface area contributed by atoms with Gasteiger partial charge in [-0.05, 0) is 63.2 Å². The van der Waals surface area contributed by atoms with E-state index in [0.29, 0.717) is 17.1 Å². The number of anilines is 2. The minimum Gasteiger partial charge on any atom is -0.476 e. The smallest absolute Gasteiger partial charge is 0.308 e. The minimum atomic E-state index is -3.93. The standard InChI is InChI=1S/C26H25N3O5S2/c1-16(2)29-21-13-10-18(14-24(21)35-26(29)31)27-25(30)23-15-28(20-6-4-5-7-22(20)34-23)36(32,33)19-11-8-17(3)9-12-19/h4-14,16,23H,15H2,1-3H3,(H,27,30). The number of aromatic nitrogens is 1. The summed E-state index contributed by atoms with van der Waals surface area (Å²) in [5.41, 5.74) is 2.62. The number of hydrogen-bond donors (Lipinski definition) is 1. The number of sulfonamides is 1. The molecule has 0 radical (unpaired) electrons. The zero-order valence-electron chi connectivity index (χ0n) is 20.0. The second-order valence-corrected chi connectivity index (χ2v) is 11.8. The number of fused-ring (bicyclic) bond motifs is 2. The van der Waals surface area contributed by atoms with Crippen molar-refractivity contribution in [3.05, 3.63) is 82.0 Å². The number of carbonyl (C=O) groups excluding carboxylic acids is 1. The lowest BCUT2D eigenvalue weighted by Gasteiger charge is -2.34. The third kappa shape index (κ3) is 4.27. The highest BCUT2D eigenvalue weighted by Gasteiger charge is 2.37. The molecule has 0 saturated carbocycles. The van der Waals surface area contributed by atoms with Gasteiger partial charge in [0, 0.05) is 11.7 Å². The summed E-state index contributed by atoms with van der Waals surface area (Å²) >= 11 is 1.11. The Morgan fingerprint density at radius 3 is 2.53 bits per heavy atom. The first-order valence-corrected chi connectivity index (χ1v) is 13.7. The number of benzene rings is 3. The highest BCUT2D eigenvalue weighted by Crippen LogP contribution is 2.37. The van der Waals surface area contributed by atoms with Crippen LogP contribution in [0, 0.1) is 6.92 Å². The van der Waals surface area contributed by atoms with Crippen molar-refractivity contribution in [1.29, 1.82) is 0 Å². The van der Waals surface area contributed by atoms with Crippen molar-refractivity contribution in [3.63, 3.8) is 0 Å². The Labute approximate surface area is 212 Å². The van der Waals surface area contributed by atoms with Crippen molar-refractivity contribution >= 4 is 48.9 Å². The molecule has 1 atom stereocenters. The number of para-hydroxylation sites is 2. The molecule has 4 aromatic rings. The van der Waals surface area contributed by atoms with Crippen LogP contribution in [0.4, 0.5) is 11.4 Å². The minimum absolute atomic E-state index is 0.0175. The number of amides is 1. The molecule has 0 spiro atoms. The first kappa shape index (κ1) is 24.1. The van der Waals surface area contributed by atoms with Gasteiger partial charge in [-0.1, -0.05) is 41.2 Å². The summed E-state index contributed by atoms with van der Waals surface area (Å²) < 4.78 is 36.7. The van der Waals surface area contributed by atoms with E-state index in [1.54, 1.807) is 71.3 Å². The van der Waals surface area contributed by atoms with Crippen molar-refractivity contribution < 1.29 is 17.9 Å². The zero-order valence-corrected chi connectivity index (χ0v) is 21.6. The molecular formula is C26H25N3O5S2. The van der Waals surface area contributed by atoms with Crippen molar-refractivity contribution in [3.8, 4) is 5.75 Å². The van der Waals surface area contributed by atoms with Crippen LogP contribution in [0.2, 0.25) is 0 Å². The van der Waals surface area contributed by atoms with Crippen molar-refractivity contribution in [2.24, 2.45) is 0 Å². The van der Waals surface area contributed by atoms with E-state index >= 15 is 0 Å². The maximum Gasteiger partial charge on any atom is 0.308 e. The molecule has 8 nitrogen and oxygen atoms in total. The van der Waals surface area contributed by atoms with E-state index in [1.807, 2.05) is 20.8 Å². The van der Waals surface area contributed by atoms with Gasteiger partial charge in [0.1, 0.15) is 5.75 Å². The summed E-state index contributed by atoms with van der Waals surface area (Å²) in [6.45, 7) is 5.59. The van der Waals surface area contributed by atoms with Crippen LogP contribution < -0.4 is 19.2 Å². The molecule has 1 unspecified atom stereocenters. The molecule has 0 fully saturated rings. The average Bonchev–Trinajstić information content (AvgIpc) is 3.18. The molecule has 2 heterocycles. The highest BCUT2D eigenvalue weighted by atomic mass is 32.2. The molecule has 1 N–H and O–H groups in total. The lowest BCUT2D eigenvalue weighted by atomic mass is 10.2. The summed E-state index contributed by atoms with van der Waals surface area (Å²) in [4.78, 5) is 25.7. The van der Waals surface area contributed by atoms with E-state index in [2.05, 4.69) is 5.32 Å². The summed E-state index contributed by atoms with van der Waals surface area (Å²) in [6.07, 6.45) is -1.07. The van der Waals surface area contributed by atoms with Gasteiger partial charge in [-0.2, -0.15) is 0 Å². The van der Waals surface area contributed by atoms with Crippen molar-refractivity contribution in [2.75, 3.05) is 16.2 Å². The van der Waals surface area contributed by atoms with E-state index < -0.39 is 22.0 Å². The molecule has 36 heavy (non-hydrogen) atoms. The molecule has 1 aliphatic heterocycles. The van der Waals surface area contributed by atoms with E-state index in [9.17, 15) is 18.0 Å². The Kier molecular flexibility index (Phi) is 6.09. The number of nitrogens with one attached hydrogen (secondary N) is 1.